The molecule has 0 saturated carbocycles. The number of aromatic nitrogens is 4. The number of aryl methyl sites for hydroxylation is 1. The molecule has 154 valence electrons. The van der Waals surface area contributed by atoms with E-state index in [4.69, 9.17) is 0 Å². The van der Waals surface area contributed by atoms with Crippen molar-refractivity contribution in [3.8, 4) is 0 Å². The molecule has 0 unspecified atom stereocenters. The Hall–Kier alpha value is -3.85. The summed E-state index contributed by atoms with van der Waals surface area (Å²) in [6, 6.07) is 12.2. The van der Waals surface area contributed by atoms with Crippen molar-refractivity contribution in [2.75, 3.05) is 5.32 Å². The van der Waals surface area contributed by atoms with Gasteiger partial charge in [-0.15, -0.1) is 11.3 Å². The molecule has 31 heavy (non-hydrogen) atoms. The number of benzene rings is 2. The molecule has 0 spiro atoms. The van der Waals surface area contributed by atoms with Gasteiger partial charge in [0.2, 0.25) is 0 Å². The molecule has 7 nitrogen and oxygen atoms in total. The highest BCUT2D eigenvalue weighted by molar-refractivity contribution is 7.20. The van der Waals surface area contributed by atoms with E-state index in [-0.39, 0.29) is 10.7 Å². The molecule has 5 rings (SSSR count). The van der Waals surface area contributed by atoms with Crippen LogP contribution >= 0.6 is 11.3 Å². The Morgan fingerprint density at radius 2 is 2.10 bits per heavy atom. The Morgan fingerprint density at radius 1 is 1.23 bits per heavy atom. The van der Waals surface area contributed by atoms with Gasteiger partial charge in [0.15, 0.2) is 0 Å². The van der Waals surface area contributed by atoms with Gasteiger partial charge in [0, 0.05) is 11.1 Å². The zero-order valence-corrected chi connectivity index (χ0v) is 17.2. The molecule has 0 atom stereocenters. The van der Waals surface area contributed by atoms with E-state index in [0.29, 0.717) is 28.1 Å². The number of aromatic carboxylic acids is 1. The third-order valence-electron chi connectivity index (χ3n) is 5.05. The summed E-state index contributed by atoms with van der Waals surface area (Å²) in [5, 5.41) is 18.7. The third-order valence-corrected chi connectivity index (χ3v) is 6.23. The quantitative estimate of drug-likeness (QED) is 0.406. The molecule has 3 aromatic heterocycles. The maximum atomic E-state index is 13.5. The number of carbonyl (C=O) groups is 1. The van der Waals surface area contributed by atoms with Crippen molar-refractivity contribution in [3.05, 3.63) is 76.8 Å². The zero-order chi connectivity index (χ0) is 21.5. The van der Waals surface area contributed by atoms with Crippen molar-refractivity contribution in [2.45, 2.75) is 13.5 Å². The van der Waals surface area contributed by atoms with Crippen molar-refractivity contribution in [3.63, 3.8) is 0 Å². The van der Waals surface area contributed by atoms with Gasteiger partial charge in [-0.2, -0.15) is 5.10 Å². The normalized spacial score (nSPS) is 11.3. The van der Waals surface area contributed by atoms with Crippen LogP contribution in [-0.4, -0.2) is 30.8 Å². The summed E-state index contributed by atoms with van der Waals surface area (Å²) in [4.78, 5) is 20.9. The van der Waals surface area contributed by atoms with Crippen LogP contribution < -0.4 is 5.32 Å². The van der Waals surface area contributed by atoms with Gasteiger partial charge in [-0.1, -0.05) is 12.1 Å². The molecule has 9 heteroatoms. The molecule has 0 aliphatic carbocycles. The van der Waals surface area contributed by atoms with Gasteiger partial charge >= 0.3 is 5.97 Å². The molecule has 0 fully saturated rings. The highest BCUT2D eigenvalue weighted by Crippen LogP contribution is 2.34. The highest BCUT2D eigenvalue weighted by Gasteiger charge is 2.18. The third kappa shape index (κ3) is 3.49. The van der Waals surface area contributed by atoms with Crippen molar-refractivity contribution in [1.29, 1.82) is 0 Å². The van der Waals surface area contributed by atoms with E-state index in [9.17, 15) is 14.3 Å². The maximum Gasteiger partial charge on any atom is 0.346 e. The lowest BCUT2D eigenvalue weighted by Crippen LogP contribution is -2.01. The summed E-state index contributed by atoms with van der Waals surface area (Å²) in [6.07, 6.45) is 3.18. The Kier molecular flexibility index (Phi) is 4.59. The summed E-state index contributed by atoms with van der Waals surface area (Å²) in [5.74, 6) is -0.692. The first-order valence-electron chi connectivity index (χ1n) is 9.44. The molecule has 0 radical (unpaired) electrons. The van der Waals surface area contributed by atoms with Crippen LogP contribution in [0.4, 0.5) is 15.9 Å². The molecule has 2 aromatic carbocycles. The van der Waals surface area contributed by atoms with Gasteiger partial charge in [-0.3, -0.25) is 4.68 Å². The number of fused-ring (bicyclic) bond motifs is 2. The lowest BCUT2D eigenvalue weighted by atomic mass is 10.2. The SMILES string of the molecule is Cc1c(C(=O)O)sc2ncnc(Nc3ccc4c(cnn4Cc4cccc(F)c4)c3)c12. The number of carboxylic acids is 1. The second-order valence-electron chi connectivity index (χ2n) is 7.09. The second kappa shape index (κ2) is 7.44. The van der Waals surface area contributed by atoms with Crippen LogP contribution in [0.15, 0.2) is 55.0 Å². The topological polar surface area (TPSA) is 92.9 Å². The minimum atomic E-state index is -0.974. The van der Waals surface area contributed by atoms with Crippen LogP contribution in [0.25, 0.3) is 21.1 Å². The molecule has 0 aliphatic rings. The van der Waals surface area contributed by atoms with Crippen LogP contribution in [0, 0.1) is 12.7 Å². The molecule has 0 aliphatic heterocycles. The summed E-state index contributed by atoms with van der Waals surface area (Å²) in [7, 11) is 0. The van der Waals surface area contributed by atoms with E-state index in [1.165, 1.54) is 18.5 Å². The van der Waals surface area contributed by atoms with Crippen LogP contribution in [-0.2, 0) is 6.54 Å². The summed E-state index contributed by atoms with van der Waals surface area (Å²) >= 11 is 1.13. The average molecular weight is 433 g/mol. The van der Waals surface area contributed by atoms with Gasteiger partial charge in [0.25, 0.3) is 0 Å². The molecule has 0 bridgehead atoms. The Balaban J connectivity index is 1.48. The van der Waals surface area contributed by atoms with Gasteiger partial charge in [0.05, 0.1) is 23.6 Å². The van der Waals surface area contributed by atoms with E-state index in [0.717, 1.165) is 33.5 Å². The molecular formula is C22H16FN5O2S. The molecule has 2 N–H and O–H groups in total. The molecule has 0 amide bonds. The van der Waals surface area contributed by atoms with Crippen LogP contribution in [0.1, 0.15) is 20.8 Å². The maximum absolute atomic E-state index is 13.5. The van der Waals surface area contributed by atoms with Gasteiger partial charge in [-0.05, 0) is 48.4 Å². The Morgan fingerprint density at radius 3 is 2.90 bits per heavy atom. The fourth-order valence-electron chi connectivity index (χ4n) is 3.61. The molecule has 5 aromatic rings. The largest absolute Gasteiger partial charge is 0.477 e. The smallest absolute Gasteiger partial charge is 0.346 e. The number of halogens is 1. The van der Waals surface area contributed by atoms with Crippen LogP contribution in [0.2, 0.25) is 0 Å². The van der Waals surface area contributed by atoms with Crippen molar-refractivity contribution >= 4 is 49.9 Å². The van der Waals surface area contributed by atoms with Gasteiger partial charge in [0.1, 0.15) is 27.7 Å². The zero-order valence-electron chi connectivity index (χ0n) is 16.3. The number of hydrogen-bond acceptors (Lipinski definition) is 6. The van der Waals surface area contributed by atoms with Gasteiger partial charge < -0.3 is 10.4 Å². The van der Waals surface area contributed by atoms with Crippen molar-refractivity contribution < 1.29 is 14.3 Å². The summed E-state index contributed by atoms with van der Waals surface area (Å²) < 4.78 is 15.3. The minimum absolute atomic E-state index is 0.257. The predicted octanol–water partition coefficient (Wildman–Crippen LogP) is 4.98. The van der Waals surface area contributed by atoms with E-state index < -0.39 is 5.97 Å². The average Bonchev–Trinajstić information content (AvgIpc) is 3.29. The van der Waals surface area contributed by atoms with Crippen molar-refractivity contribution in [1.82, 2.24) is 19.7 Å². The van der Waals surface area contributed by atoms with Crippen LogP contribution in [0.3, 0.4) is 0 Å². The second-order valence-corrected chi connectivity index (χ2v) is 8.09. The molecule has 3 heterocycles. The monoisotopic (exact) mass is 433 g/mol. The molecule has 0 saturated heterocycles. The number of anilines is 2. The first kappa shape index (κ1) is 19.1. The summed E-state index contributed by atoms with van der Waals surface area (Å²) in [5.41, 5.74) is 3.18. The number of carboxylic acid groups (broad SMARTS) is 1. The van der Waals surface area contributed by atoms with E-state index in [1.807, 2.05) is 28.9 Å². The summed E-state index contributed by atoms with van der Waals surface area (Å²) in [6.45, 7) is 2.23. The number of thiophene rings is 1. The fraction of sp³-hybridized carbons (Fsp3) is 0.0909. The highest BCUT2D eigenvalue weighted by atomic mass is 32.1. The van der Waals surface area contributed by atoms with Crippen LogP contribution in [0.5, 0.6) is 0 Å². The first-order valence-corrected chi connectivity index (χ1v) is 10.3. The predicted molar refractivity (Wildman–Crippen MR) is 118 cm³/mol. The number of nitrogens with one attached hydrogen (secondary N) is 1. The van der Waals surface area contributed by atoms with Gasteiger partial charge in [-0.25, -0.2) is 19.2 Å². The molecular weight excluding hydrogens is 417 g/mol. The van der Waals surface area contributed by atoms with Crippen molar-refractivity contribution in [2.24, 2.45) is 0 Å². The lowest BCUT2D eigenvalue weighted by Gasteiger charge is -2.08. The number of rotatable bonds is 5. The van der Waals surface area contributed by atoms with E-state index in [1.54, 1.807) is 19.2 Å². The lowest BCUT2D eigenvalue weighted by molar-refractivity contribution is 0.0701. The minimum Gasteiger partial charge on any atom is -0.477 e. The fourth-order valence-corrected chi connectivity index (χ4v) is 4.59. The standard InChI is InChI=1S/C22H16FN5O2S/c1-12-18-20(24-11-25-21(18)31-19(12)22(29)30)27-16-5-6-17-14(8-16)9-26-28(17)10-13-3-2-4-15(23)7-13/h2-9,11H,10H2,1H3,(H,29,30)(H,24,25,27). The van der Waals surface area contributed by atoms with E-state index >= 15 is 0 Å². The Bertz CT molecular complexity index is 1460. The van der Waals surface area contributed by atoms with E-state index in [2.05, 4.69) is 20.4 Å². The number of hydrogen-bond donors (Lipinski definition) is 2. The number of nitrogens with zero attached hydrogens (tertiary/aromatic N) is 4. The Labute approximate surface area is 179 Å². The first-order chi connectivity index (χ1) is 15.0.